The molecule has 0 bridgehead atoms. The van der Waals surface area contributed by atoms with E-state index in [4.69, 9.17) is 0 Å². The molecule has 0 N–H and O–H groups in total. The number of aromatic nitrogens is 1. The van der Waals surface area contributed by atoms with Crippen molar-refractivity contribution >= 4 is 38.8 Å². The van der Waals surface area contributed by atoms with Crippen molar-refractivity contribution in [2.45, 2.75) is 47.4 Å². The normalized spacial score (nSPS) is 15.2. The highest BCUT2D eigenvalue weighted by Gasteiger charge is 2.25. The fourth-order valence-electron chi connectivity index (χ4n) is 2.86. The summed E-state index contributed by atoms with van der Waals surface area (Å²) >= 11 is 2.65. The second-order valence-electron chi connectivity index (χ2n) is 6.39. The molecule has 0 saturated carbocycles. The quantitative estimate of drug-likeness (QED) is 0.703. The van der Waals surface area contributed by atoms with Gasteiger partial charge >= 0.3 is 0 Å². The lowest BCUT2D eigenvalue weighted by Crippen LogP contribution is -2.36. The number of carbonyl (C=O) groups excluding carboxylic acids is 1. The lowest BCUT2D eigenvalue weighted by molar-refractivity contribution is -0.129. The molecule has 1 aromatic heterocycles. The maximum atomic E-state index is 12.8. The summed E-state index contributed by atoms with van der Waals surface area (Å²) in [5.41, 5.74) is 1.01. The molecule has 8 heteroatoms. The Morgan fingerprint density at radius 1 is 1.15 bits per heavy atom. The van der Waals surface area contributed by atoms with Crippen LogP contribution < -0.4 is 0 Å². The van der Waals surface area contributed by atoms with Crippen molar-refractivity contribution in [1.82, 2.24) is 9.88 Å². The van der Waals surface area contributed by atoms with Crippen LogP contribution in [0.15, 0.2) is 38.5 Å². The molecule has 0 spiro atoms. The summed E-state index contributed by atoms with van der Waals surface area (Å²) in [5.74, 6) is 0.405. The van der Waals surface area contributed by atoms with Gasteiger partial charge in [0.25, 0.3) is 0 Å². The van der Waals surface area contributed by atoms with Gasteiger partial charge in [0, 0.05) is 18.0 Å². The van der Waals surface area contributed by atoms with Crippen LogP contribution in [0.4, 0.5) is 0 Å². The average molecular weight is 411 g/mol. The molecule has 26 heavy (non-hydrogen) atoms. The summed E-state index contributed by atoms with van der Waals surface area (Å²) in [6, 6.07) is 6.77. The Morgan fingerprint density at radius 2 is 1.81 bits per heavy atom. The third-order valence-electron chi connectivity index (χ3n) is 4.35. The van der Waals surface area contributed by atoms with Crippen LogP contribution in [-0.2, 0) is 14.6 Å². The summed E-state index contributed by atoms with van der Waals surface area (Å²) in [4.78, 5) is 19.4. The number of hydrogen-bond donors (Lipinski definition) is 0. The zero-order chi connectivity index (χ0) is 18.7. The molecule has 3 rings (SSSR count). The predicted octanol–water partition coefficient (Wildman–Crippen LogP) is 3.70. The maximum absolute atomic E-state index is 12.8. The third-order valence-corrected chi connectivity index (χ3v) is 8.38. The summed E-state index contributed by atoms with van der Waals surface area (Å²) in [5, 5.41) is 0.0966. The Hall–Kier alpha value is -1.38. The number of nitrogens with zero attached hydrogens (tertiary/aromatic N) is 2. The van der Waals surface area contributed by atoms with Crippen molar-refractivity contribution in [1.29, 1.82) is 0 Å². The molecular weight excluding hydrogens is 388 g/mol. The van der Waals surface area contributed by atoms with Crippen molar-refractivity contribution in [2.75, 3.05) is 18.8 Å². The minimum Gasteiger partial charge on any atom is -0.342 e. The van der Waals surface area contributed by atoms with E-state index in [0.717, 1.165) is 31.5 Å². The molecule has 5 nitrogen and oxygen atoms in total. The number of thiazole rings is 1. The number of thioether (sulfide) groups is 1. The first-order valence-corrected chi connectivity index (χ1v) is 11.9. The Kier molecular flexibility index (Phi) is 6.04. The van der Waals surface area contributed by atoms with E-state index in [0.29, 0.717) is 15.0 Å². The zero-order valence-corrected chi connectivity index (χ0v) is 17.3. The highest BCUT2D eigenvalue weighted by Crippen LogP contribution is 2.32. The molecule has 0 atom stereocenters. The van der Waals surface area contributed by atoms with E-state index in [9.17, 15) is 13.2 Å². The fraction of sp³-hybridized carbons (Fsp3) is 0.444. The summed E-state index contributed by atoms with van der Waals surface area (Å²) in [6.07, 6.45) is 3.31. The van der Waals surface area contributed by atoms with Crippen molar-refractivity contribution in [2.24, 2.45) is 0 Å². The third kappa shape index (κ3) is 4.29. The molecule has 1 aromatic carbocycles. The van der Waals surface area contributed by atoms with Crippen LogP contribution in [-0.4, -0.2) is 43.1 Å². The smallest absolute Gasteiger partial charge is 0.233 e. The van der Waals surface area contributed by atoms with E-state index in [1.165, 1.54) is 29.5 Å². The summed E-state index contributed by atoms with van der Waals surface area (Å²) < 4.78 is 26.3. The standard InChI is InChI=1S/C18H22N2O3S3/c1-13-6-8-15(9-7-13)26(22,23)17-14(2)25-18(19-17)24-12-16(21)20-10-4-3-5-11-20/h6-9H,3-5,10-12H2,1-2H3. The minimum absolute atomic E-state index is 0.0966. The Morgan fingerprint density at radius 3 is 2.46 bits per heavy atom. The van der Waals surface area contributed by atoms with E-state index in [1.807, 2.05) is 11.8 Å². The van der Waals surface area contributed by atoms with Crippen LogP contribution in [0.5, 0.6) is 0 Å². The number of hydrogen-bond acceptors (Lipinski definition) is 6. The van der Waals surface area contributed by atoms with Gasteiger partial charge in [-0.2, -0.15) is 0 Å². The molecule has 0 unspecified atom stereocenters. The Bertz CT molecular complexity index is 883. The second kappa shape index (κ2) is 8.10. The monoisotopic (exact) mass is 410 g/mol. The first-order chi connectivity index (χ1) is 12.4. The van der Waals surface area contributed by atoms with Crippen LogP contribution in [0, 0.1) is 13.8 Å². The molecule has 2 heterocycles. The van der Waals surface area contributed by atoms with E-state index >= 15 is 0 Å². The molecule has 140 valence electrons. The second-order valence-corrected chi connectivity index (χ2v) is 10.7. The van der Waals surface area contributed by atoms with Crippen molar-refractivity contribution in [3.8, 4) is 0 Å². The van der Waals surface area contributed by atoms with Gasteiger partial charge in [0.2, 0.25) is 15.7 Å². The van der Waals surface area contributed by atoms with Crippen LogP contribution in [0.3, 0.4) is 0 Å². The van der Waals surface area contributed by atoms with Gasteiger partial charge < -0.3 is 4.90 Å². The van der Waals surface area contributed by atoms with Gasteiger partial charge in [0.15, 0.2) is 9.37 Å². The number of benzene rings is 1. The van der Waals surface area contributed by atoms with Crippen LogP contribution >= 0.6 is 23.1 Å². The lowest BCUT2D eigenvalue weighted by atomic mass is 10.1. The number of carbonyl (C=O) groups is 1. The zero-order valence-electron chi connectivity index (χ0n) is 14.9. The molecule has 1 aliphatic heterocycles. The van der Waals surface area contributed by atoms with Gasteiger partial charge in [-0.1, -0.05) is 29.5 Å². The van der Waals surface area contributed by atoms with Gasteiger partial charge in [-0.25, -0.2) is 13.4 Å². The molecule has 2 aromatic rings. The van der Waals surface area contributed by atoms with Gasteiger partial charge in [-0.05, 0) is 45.2 Å². The SMILES string of the molecule is Cc1ccc(S(=O)(=O)c2nc(SCC(=O)N3CCCCC3)sc2C)cc1. The predicted molar refractivity (Wildman–Crippen MR) is 105 cm³/mol. The highest BCUT2D eigenvalue weighted by atomic mass is 32.2. The first kappa shape index (κ1) is 19.4. The first-order valence-electron chi connectivity index (χ1n) is 8.57. The van der Waals surface area contributed by atoms with E-state index in [2.05, 4.69) is 4.98 Å². The van der Waals surface area contributed by atoms with E-state index < -0.39 is 9.84 Å². The Labute approximate surface area is 162 Å². The van der Waals surface area contributed by atoms with E-state index in [-0.39, 0.29) is 15.8 Å². The van der Waals surface area contributed by atoms with Crippen molar-refractivity contribution in [3.05, 3.63) is 34.7 Å². The van der Waals surface area contributed by atoms with Crippen LogP contribution in [0.25, 0.3) is 0 Å². The molecular formula is C18H22N2O3S3. The molecule has 0 radical (unpaired) electrons. The molecule has 1 amide bonds. The van der Waals surface area contributed by atoms with Crippen LogP contribution in [0.1, 0.15) is 29.7 Å². The fourth-order valence-corrected chi connectivity index (χ4v) is 6.64. The molecule has 0 aliphatic carbocycles. The largest absolute Gasteiger partial charge is 0.342 e. The number of rotatable bonds is 5. The molecule has 1 fully saturated rings. The average Bonchev–Trinajstić information content (AvgIpc) is 3.02. The number of piperidine rings is 1. The van der Waals surface area contributed by atoms with E-state index in [1.54, 1.807) is 31.2 Å². The summed E-state index contributed by atoms with van der Waals surface area (Å²) in [6.45, 7) is 5.32. The van der Waals surface area contributed by atoms with Gasteiger partial charge in [-0.3, -0.25) is 4.79 Å². The summed E-state index contributed by atoms with van der Waals surface area (Å²) in [7, 11) is -3.63. The topological polar surface area (TPSA) is 67.3 Å². The van der Waals surface area contributed by atoms with Crippen molar-refractivity contribution in [3.63, 3.8) is 0 Å². The number of aryl methyl sites for hydroxylation is 2. The van der Waals surface area contributed by atoms with Crippen molar-refractivity contribution < 1.29 is 13.2 Å². The molecule has 1 saturated heterocycles. The Balaban J connectivity index is 1.72. The van der Waals surface area contributed by atoms with Gasteiger partial charge in [0.05, 0.1) is 10.6 Å². The van der Waals surface area contributed by atoms with Crippen LogP contribution in [0.2, 0.25) is 0 Å². The number of likely N-dealkylation sites (tertiary alicyclic amines) is 1. The van der Waals surface area contributed by atoms with Gasteiger partial charge in [-0.15, -0.1) is 11.3 Å². The number of sulfone groups is 1. The minimum atomic E-state index is -3.63. The van der Waals surface area contributed by atoms with Gasteiger partial charge in [0.1, 0.15) is 0 Å². The molecule has 1 aliphatic rings. The number of amides is 1. The maximum Gasteiger partial charge on any atom is 0.233 e. The lowest BCUT2D eigenvalue weighted by Gasteiger charge is -2.26. The highest BCUT2D eigenvalue weighted by molar-refractivity contribution is 8.01.